The van der Waals surface area contributed by atoms with Crippen molar-refractivity contribution < 1.29 is 9.53 Å². The maximum Gasteiger partial charge on any atom is 0.234 e. The topological polar surface area (TPSA) is 69.0 Å². The van der Waals surface area contributed by atoms with Crippen LogP contribution < -0.4 is 10.1 Å². The Morgan fingerprint density at radius 1 is 1.10 bits per heavy atom. The molecule has 1 aromatic heterocycles. The van der Waals surface area contributed by atoms with Crippen LogP contribution in [0, 0.1) is 20.8 Å². The second kappa shape index (κ2) is 9.60. The molecule has 0 aliphatic rings. The van der Waals surface area contributed by atoms with E-state index in [9.17, 15) is 4.79 Å². The minimum absolute atomic E-state index is 0.0630. The summed E-state index contributed by atoms with van der Waals surface area (Å²) < 4.78 is 7.82. The largest absolute Gasteiger partial charge is 0.486 e. The number of aromatic nitrogens is 3. The molecule has 0 radical (unpaired) electrons. The van der Waals surface area contributed by atoms with Gasteiger partial charge >= 0.3 is 0 Å². The van der Waals surface area contributed by atoms with Crippen LogP contribution in [0.5, 0.6) is 5.75 Å². The Kier molecular flexibility index (Phi) is 6.93. The van der Waals surface area contributed by atoms with Gasteiger partial charge in [-0.25, -0.2) is 0 Å². The number of amides is 1. The zero-order valence-electron chi connectivity index (χ0n) is 17.2. The number of rotatable bonds is 8. The summed E-state index contributed by atoms with van der Waals surface area (Å²) in [6.07, 6.45) is 0. The van der Waals surface area contributed by atoms with Crippen molar-refractivity contribution in [2.75, 3.05) is 11.1 Å². The second-order valence-corrected chi connectivity index (χ2v) is 7.85. The van der Waals surface area contributed by atoms with Crippen LogP contribution in [-0.2, 0) is 17.9 Å². The molecule has 29 heavy (non-hydrogen) atoms. The normalized spacial score (nSPS) is 10.8. The number of anilines is 1. The number of thioether (sulfide) groups is 1. The third-order valence-electron chi connectivity index (χ3n) is 4.47. The molecular formula is C22H26N4O2S. The van der Waals surface area contributed by atoms with E-state index in [-0.39, 0.29) is 11.7 Å². The summed E-state index contributed by atoms with van der Waals surface area (Å²) in [5, 5.41) is 12.2. The van der Waals surface area contributed by atoms with E-state index >= 15 is 0 Å². The number of nitrogens with zero attached hydrogens (tertiary/aromatic N) is 3. The smallest absolute Gasteiger partial charge is 0.234 e. The van der Waals surface area contributed by atoms with Gasteiger partial charge in [0, 0.05) is 12.2 Å². The third-order valence-corrected chi connectivity index (χ3v) is 5.43. The lowest BCUT2D eigenvalue weighted by molar-refractivity contribution is -0.113. The lowest BCUT2D eigenvalue weighted by Crippen LogP contribution is -2.15. The van der Waals surface area contributed by atoms with Gasteiger partial charge in [-0.2, -0.15) is 0 Å². The van der Waals surface area contributed by atoms with Gasteiger partial charge in [-0.3, -0.25) is 4.79 Å². The van der Waals surface area contributed by atoms with E-state index in [0.717, 1.165) is 34.0 Å². The number of ether oxygens (including phenoxy) is 1. The fraction of sp³-hybridized carbons (Fsp3) is 0.318. The van der Waals surface area contributed by atoms with E-state index in [2.05, 4.69) is 15.5 Å². The van der Waals surface area contributed by atoms with Gasteiger partial charge in [0.15, 0.2) is 11.0 Å². The minimum atomic E-state index is -0.0630. The van der Waals surface area contributed by atoms with E-state index in [0.29, 0.717) is 18.3 Å². The van der Waals surface area contributed by atoms with Crippen LogP contribution in [0.4, 0.5) is 5.69 Å². The van der Waals surface area contributed by atoms with E-state index in [4.69, 9.17) is 4.74 Å². The van der Waals surface area contributed by atoms with Crippen LogP contribution in [0.15, 0.2) is 47.6 Å². The van der Waals surface area contributed by atoms with Crippen molar-refractivity contribution in [3.8, 4) is 5.75 Å². The third kappa shape index (κ3) is 5.60. The molecule has 3 aromatic rings. The van der Waals surface area contributed by atoms with Gasteiger partial charge in [-0.05, 0) is 62.6 Å². The number of hydrogen-bond donors (Lipinski definition) is 1. The lowest BCUT2D eigenvalue weighted by atomic mass is 10.1. The molecular weight excluding hydrogens is 384 g/mol. The van der Waals surface area contributed by atoms with Gasteiger partial charge in [0.2, 0.25) is 5.91 Å². The number of nitrogens with one attached hydrogen (secondary N) is 1. The van der Waals surface area contributed by atoms with Gasteiger partial charge in [0.25, 0.3) is 0 Å². The second-order valence-electron chi connectivity index (χ2n) is 6.90. The highest BCUT2D eigenvalue weighted by Gasteiger charge is 2.14. The summed E-state index contributed by atoms with van der Waals surface area (Å²) in [5.74, 6) is 1.75. The number of hydrogen-bond acceptors (Lipinski definition) is 5. The van der Waals surface area contributed by atoms with Crippen LogP contribution in [-0.4, -0.2) is 26.4 Å². The Labute approximate surface area is 175 Å². The van der Waals surface area contributed by atoms with Crippen molar-refractivity contribution in [2.45, 2.75) is 46.0 Å². The van der Waals surface area contributed by atoms with Crippen LogP contribution >= 0.6 is 11.8 Å². The first-order valence-electron chi connectivity index (χ1n) is 9.57. The average molecular weight is 411 g/mol. The zero-order valence-corrected chi connectivity index (χ0v) is 18.0. The number of carbonyl (C=O) groups is 1. The van der Waals surface area contributed by atoms with Crippen LogP contribution in [0.3, 0.4) is 0 Å². The van der Waals surface area contributed by atoms with Crippen LogP contribution in [0.25, 0.3) is 0 Å². The van der Waals surface area contributed by atoms with Crippen molar-refractivity contribution in [3.63, 3.8) is 0 Å². The van der Waals surface area contributed by atoms with Crippen LogP contribution in [0.1, 0.15) is 29.4 Å². The molecule has 2 aromatic carbocycles. The number of carbonyl (C=O) groups excluding carboxylic acids is 1. The lowest BCUT2D eigenvalue weighted by Gasteiger charge is -2.10. The van der Waals surface area contributed by atoms with Gasteiger partial charge in [-0.1, -0.05) is 36.0 Å². The molecule has 152 valence electrons. The van der Waals surface area contributed by atoms with E-state index in [1.165, 1.54) is 11.8 Å². The summed E-state index contributed by atoms with van der Waals surface area (Å²) in [6, 6.07) is 13.9. The van der Waals surface area contributed by atoms with Crippen molar-refractivity contribution in [1.82, 2.24) is 14.8 Å². The molecule has 3 rings (SSSR count). The predicted octanol–water partition coefficient (Wildman–Crippen LogP) is 4.53. The standard InChI is InChI=1S/C22H26N4O2S/c1-5-26-20(13-28-18-8-6-7-15(2)11-18)24-25-22(26)29-14-21(27)23-19-12-16(3)9-10-17(19)4/h6-12H,5,13-14H2,1-4H3,(H,23,27). The molecule has 0 bridgehead atoms. The summed E-state index contributed by atoms with van der Waals surface area (Å²) >= 11 is 1.38. The Hall–Kier alpha value is -2.80. The minimum Gasteiger partial charge on any atom is -0.486 e. The molecule has 6 nitrogen and oxygen atoms in total. The van der Waals surface area contributed by atoms with Gasteiger partial charge < -0.3 is 14.6 Å². The highest BCUT2D eigenvalue weighted by Crippen LogP contribution is 2.21. The summed E-state index contributed by atoms with van der Waals surface area (Å²) in [6.45, 7) is 9.09. The van der Waals surface area contributed by atoms with Crippen molar-refractivity contribution in [2.24, 2.45) is 0 Å². The fourth-order valence-electron chi connectivity index (χ4n) is 2.89. The molecule has 1 heterocycles. The first-order valence-corrected chi connectivity index (χ1v) is 10.6. The monoisotopic (exact) mass is 410 g/mol. The van der Waals surface area contributed by atoms with E-state index < -0.39 is 0 Å². The first kappa shape index (κ1) is 20.9. The highest BCUT2D eigenvalue weighted by atomic mass is 32.2. The maximum absolute atomic E-state index is 12.4. The highest BCUT2D eigenvalue weighted by molar-refractivity contribution is 7.99. The molecule has 0 spiro atoms. The SMILES string of the molecule is CCn1c(COc2cccc(C)c2)nnc1SCC(=O)Nc1cc(C)ccc1C. The molecule has 7 heteroatoms. The van der Waals surface area contributed by atoms with Gasteiger partial charge in [0.1, 0.15) is 12.4 Å². The predicted molar refractivity (Wildman–Crippen MR) is 116 cm³/mol. The molecule has 0 aliphatic heterocycles. The number of benzene rings is 2. The molecule has 0 aliphatic carbocycles. The molecule has 1 amide bonds. The summed E-state index contributed by atoms with van der Waals surface area (Å²) in [4.78, 5) is 12.4. The van der Waals surface area contributed by atoms with Gasteiger partial charge in [-0.15, -0.1) is 10.2 Å². The molecule has 0 fully saturated rings. The average Bonchev–Trinajstić information content (AvgIpc) is 3.09. The maximum atomic E-state index is 12.4. The van der Waals surface area contributed by atoms with E-state index in [1.54, 1.807) is 0 Å². The summed E-state index contributed by atoms with van der Waals surface area (Å²) in [5.41, 5.74) is 4.15. The molecule has 0 unspecified atom stereocenters. The Morgan fingerprint density at radius 2 is 1.90 bits per heavy atom. The Bertz CT molecular complexity index is 1000. The fourth-order valence-corrected chi connectivity index (χ4v) is 3.71. The zero-order chi connectivity index (χ0) is 20.8. The van der Waals surface area contributed by atoms with Gasteiger partial charge in [0.05, 0.1) is 5.75 Å². The molecule has 0 saturated heterocycles. The first-order chi connectivity index (χ1) is 14.0. The Balaban J connectivity index is 1.59. The van der Waals surface area contributed by atoms with E-state index in [1.807, 2.05) is 74.7 Å². The Morgan fingerprint density at radius 3 is 2.66 bits per heavy atom. The molecule has 1 N–H and O–H groups in total. The van der Waals surface area contributed by atoms with Crippen molar-refractivity contribution >= 4 is 23.4 Å². The number of aryl methyl sites for hydroxylation is 3. The quantitative estimate of drug-likeness (QED) is 0.553. The summed E-state index contributed by atoms with van der Waals surface area (Å²) in [7, 11) is 0. The molecule has 0 atom stereocenters. The van der Waals surface area contributed by atoms with Crippen molar-refractivity contribution in [1.29, 1.82) is 0 Å². The molecule has 0 saturated carbocycles. The van der Waals surface area contributed by atoms with Crippen molar-refractivity contribution in [3.05, 3.63) is 65.0 Å². The van der Waals surface area contributed by atoms with Crippen LogP contribution in [0.2, 0.25) is 0 Å².